The van der Waals surface area contributed by atoms with E-state index in [-0.39, 0.29) is 0 Å². The van der Waals surface area contributed by atoms with Crippen LogP contribution in [-0.4, -0.2) is 54.0 Å². The van der Waals surface area contributed by atoms with Crippen LogP contribution in [0.1, 0.15) is 0 Å². The minimum Gasteiger partial charge on any atom is -0.304 e. The summed E-state index contributed by atoms with van der Waals surface area (Å²) in [6, 6.07) is 0. The molecule has 70 valence electrons. The molecule has 0 radical (unpaired) electrons. The minimum atomic E-state index is 1.13. The molecule has 0 aromatic heterocycles. The molecule has 0 bridgehead atoms. The molecule has 0 atom stereocenters. The molecule has 0 aliphatic carbocycles. The largest absolute Gasteiger partial charge is 0.304 e. The van der Waals surface area contributed by atoms with Crippen molar-refractivity contribution in [2.75, 3.05) is 44.2 Å². The summed E-state index contributed by atoms with van der Waals surface area (Å²) in [5.41, 5.74) is 0. The van der Waals surface area contributed by atoms with E-state index in [1.165, 1.54) is 26.2 Å². The molecule has 0 unspecified atom stereocenters. The zero-order valence-electron chi connectivity index (χ0n) is 7.67. The van der Waals surface area contributed by atoms with Gasteiger partial charge in [0.15, 0.2) is 0 Å². The fourth-order valence-electron chi connectivity index (χ4n) is 1.32. The standard InChI is InChI=1S/C9H17IN2/c1-11-6-8-12(9-7-11)5-3-2-4-10/h2-3H,4-9H2,1H3/b3-2+. The molecule has 1 heterocycles. The summed E-state index contributed by atoms with van der Waals surface area (Å²) in [6.07, 6.45) is 4.51. The van der Waals surface area contributed by atoms with Gasteiger partial charge >= 0.3 is 0 Å². The van der Waals surface area contributed by atoms with Crippen molar-refractivity contribution in [2.45, 2.75) is 0 Å². The zero-order valence-corrected chi connectivity index (χ0v) is 9.83. The van der Waals surface area contributed by atoms with Crippen LogP contribution in [0, 0.1) is 0 Å². The number of piperazine rings is 1. The Morgan fingerprint density at radius 1 is 1.17 bits per heavy atom. The van der Waals surface area contributed by atoms with Crippen LogP contribution < -0.4 is 0 Å². The maximum Gasteiger partial charge on any atom is 0.0176 e. The summed E-state index contributed by atoms with van der Waals surface area (Å²) in [6.45, 7) is 6.02. The molecule has 0 aromatic carbocycles. The van der Waals surface area contributed by atoms with Gasteiger partial charge in [-0.25, -0.2) is 0 Å². The van der Waals surface area contributed by atoms with Gasteiger partial charge in [0.05, 0.1) is 0 Å². The first-order valence-corrected chi connectivity index (χ1v) is 5.97. The third-order valence-corrected chi connectivity index (χ3v) is 2.72. The van der Waals surface area contributed by atoms with E-state index in [4.69, 9.17) is 0 Å². The van der Waals surface area contributed by atoms with Crippen LogP contribution >= 0.6 is 22.6 Å². The number of rotatable bonds is 3. The molecule has 1 aliphatic rings. The van der Waals surface area contributed by atoms with Crippen LogP contribution in [0.4, 0.5) is 0 Å². The van der Waals surface area contributed by atoms with E-state index in [1.54, 1.807) is 0 Å². The highest BCUT2D eigenvalue weighted by atomic mass is 127. The second-order valence-electron chi connectivity index (χ2n) is 3.23. The smallest absolute Gasteiger partial charge is 0.0176 e. The van der Waals surface area contributed by atoms with Crippen molar-refractivity contribution in [2.24, 2.45) is 0 Å². The molecule has 1 aliphatic heterocycles. The lowest BCUT2D eigenvalue weighted by Crippen LogP contribution is -2.44. The predicted octanol–water partition coefficient (Wildman–Crippen LogP) is 1.22. The second kappa shape index (κ2) is 5.94. The highest BCUT2D eigenvalue weighted by Crippen LogP contribution is 1.98. The molecular formula is C9H17IN2. The van der Waals surface area contributed by atoms with E-state index < -0.39 is 0 Å². The zero-order chi connectivity index (χ0) is 8.81. The average molecular weight is 280 g/mol. The Morgan fingerprint density at radius 3 is 2.42 bits per heavy atom. The summed E-state index contributed by atoms with van der Waals surface area (Å²) in [5, 5.41) is 0. The van der Waals surface area contributed by atoms with Crippen molar-refractivity contribution >= 4 is 22.6 Å². The molecule has 2 nitrogen and oxygen atoms in total. The van der Waals surface area contributed by atoms with Crippen LogP contribution in [0.2, 0.25) is 0 Å². The van der Waals surface area contributed by atoms with Crippen LogP contribution in [0.15, 0.2) is 12.2 Å². The van der Waals surface area contributed by atoms with Crippen LogP contribution in [-0.2, 0) is 0 Å². The Balaban J connectivity index is 2.13. The van der Waals surface area contributed by atoms with E-state index >= 15 is 0 Å². The lowest BCUT2D eigenvalue weighted by Gasteiger charge is -2.31. The number of likely N-dealkylation sites (N-methyl/N-ethyl adjacent to an activating group) is 1. The Kier molecular flexibility index (Phi) is 5.18. The quantitative estimate of drug-likeness (QED) is 0.436. The van der Waals surface area contributed by atoms with Gasteiger partial charge in [-0.2, -0.15) is 0 Å². The van der Waals surface area contributed by atoms with Crippen molar-refractivity contribution in [1.82, 2.24) is 9.80 Å². The fraction of sp³-hybridized carbons (Fsp3) is 0.778. The van der Waals surface area contributed by atoms with Gasteiger partial charge in [0.2, 0.25) is 0 Å². The maximum atomic E-state index is 2.50. The second-order valence-corrected chi connectivity index (χ2v) is 4.11. The van der Waals surface area contributed by atoms with Crippen LogP contribution in [0.3, 0.4) is 0 Å². The molecule has 0 saturated carbocycles. The lowest BCUT2D eigenvalue weighted by molar-refractivity contribution is 0.166. The molecule has 1 rings (SSSR count). The topological polar surface area (TPSA) is 6.48 Å². The highest BCUT2D eigenvalue weighted by molar-refractivity contribution is 14.1. The number of hydrogen-bond acceptors (Lipinski definition) is 2. The van der Waals surface area contributed by atoms with E-state index in [0.717, 1.165) is 11.0 Å². The molecule has 0 N–H and O–H groups in total. The lowest BCUT2D eigenvalue weighted by atomic mass is 10.3. The molecule has 1 fully saturated rings. The van der Waals surface area contributed by atoms with Crippen molar-refractivity contribution in [3.8, 4) is 0 Å². The monoisotopic (exact) mass is 280 g/mol. The highest BCUT2D eigenvalue weighted by Gasteiger charge is 2.11. The Labute approximate surface area is 88.7 Å². The fourth-order valence-corrected chi connectivity index (χ4v) is 1.68. The number of nitrogens with zero attached hydrogens (tertiary/aromatic N) is 2. The van der Waals surface area contributed by atoms with Crippen molar-refractivity contribution in [3.63, 3.8) is 0 Å². The predicted molar refractivity (Wildman–Crippen MR) is 62.0 cm³/mol. The number of allylic oxidation sites excluding steroid dienone is 1. The van der Waals surface area contributed by atoms with Gasteiger partial charge in [0.1, 0.15) is 0 Å². The third kappa shape index (κ3) is 3.87. The minimum absolute atomic E-state index is 1.13. The van der Waals surface area contributed by atoms with Gasteiger partial charge in [-0.05, 0) is 7.05 Å². The molecule has 12 heavy (non-hydrogen) atoms. The Morgan fingerprint density at radius 2 is 1.83 bits per heavy atom. The van der Waals surface area contributed by atoms with Crippen molar-refractivity contribution < 1.29 is 0 Å². The summed E-state index contributed by atoms with van der Waals surface area (Å²) >= 11 is 2.37. The first-order chi connectivity index (χ1) is 5.83. The Hall–Kier alpha value is 0.390. The van der Waals surface area contributed by atoms with E-state index in [9.17, 15) is 0 Å². The SMILES string of the molecule is CN1CCN(C/C=C/CI)CC1. The third-order valence-electron chi connectivity index (χ3n) is 2.22. The molecule has 0 spiro atoms. The van der Waals surface area contributed by atoms with Gasteiger partial charge in [0.25, 0.3) is 0 Å². The van der Waals surface area contributed by atoms with Gasteiger partial charge < -0.3 is 4.90 Å². The van der Waals surface area contributed by atoms with Crippen molar-refractivity contribution in [1.29, 1.82) is 0 Å². The number of halogens is 1. The van der Waals surface area contributed by atoms with Gasteiger partial charge in [-0.3, -0.25) is 4.90 Å². The molecule has 0 aromatic rings. The number of alkyl halides is 1. The molecule has 3 heteroatoms. The normalized spacial score (nSPS) is 22.2. The maximum absolute atomic E-state index is 2.50. The summed E-state index contributed by atoms with van der Waals surface area (Å²) < 4.78 is 1.13. The summed E-state index contributed by atoms with van der Waals surface area (Å²) in [4.78, 5) is 4.89. The van der Waals surface area contributed by atoms with Crippen molar-refractivity contribution in [3.05, 3.63) is 12.2 Å². The number of hydrogen-bond donors (Lipinski definition) is 0. The van der Waals surface area contributed by atoms with E-state index in [1.807, 2.05) is 0 Å². The van der Waals surface area contributed by atoms with Crippen LogP contribution in [0.5, 0.6) is 0 Å². The summed E-state index contributed by atoms with van der Waals surface area (Å²) in [5.74, 6) is 0. The van der Waals surface area contributed by atoms with Gasteiger partial charge in [0, 0.05) is 37.2 Å². The van der Waals surface area contributed by atoms with E-state index in [0.29, 0.717) is 0 Å². The first-order valence-electron chi connectivity index (χ1n) is 4.45. The van der Waals surface area contributed by atoms with Gasteiger partial charge in [-0.15, -0.1) is 0 Å². The summed E-state index contributed by atoms with van der Waals surface area (Å²) in [7, 11) is 2.19. The average Bonchev–Trinajstić information content (AvgIpc) is 2.09. The first kappa shape index (κ1) is 10.5. The molecule has 0 amide bonds. The van der Waals surface area contributed by atoms with E-state index in [2.05, 4.69) is 51.6 Å². The van der Waals surface area contributed by atoms with Gasteiger partial charge in [-0.1, -0.05) is 34.7 Å². The Bertz CT molecular complexity index is 139. The molecular weight excluding hydrogens is 263 g/mol. The van der Waals surface area contributed by atoms with Crippen LogP contribution in [0.25, 0.3) is 0 Å². The molecule has 1 saturated heterocycles.